The van der Waals surface area contributed by atoms with E-state index in [2.05, 4.69) is 28.7 Å². The second-order valence-electron chi connectivity index (χ2n) is 6.83. The lowest BCUT2D eigenvalue weighted by Gasteiger charge is -2.41. The fourth-order valence-corrected chi connectivity index (χ4v) is 3.32. The van der Waals surface area contributed by atoms with Gasteiger partial charge in [-0.15, -0.1) is 0 Å². The standard InChI is InChI=1S/C17H28N6O2/c1-10(2)22-7-8-23(14(9-22)16(18)25)15(24)6-5-13-11(3)20-17(19)21-12(13)4/h10,14H,5-9H2,1-4H3,(H2,18,25)(H2,19,20,21). The van der Waals surface area contributed by atoms with Crippen LogP contribution in [-0.4, -0.2) is 63.3 Å². The molecule has 0 aromatic carbocycles. The van der Waals surface area contributed by atoms with Crippen molar-refractivity contribution in [1.29, 1.82) is 0 Å². The Kier molecular flexibility index (Phi) is 5.94. The normalized spacial score (nSPS) is 18.6. The SMILES string of the molecule is Cc1nc(N)nc(C)c1CCC(=O)N1CCN(C(C)C)CC1C(N)=O. The van der Waals surface area contributed by atoms with Crippen molar-refractivity contribution in [3.63, 3.8) is 0 Å². The Bertz CT molecular complexity index is 638. The van der Waals surface area contributed by atoms with Crippen LogP contribution in [0.1, 0.15) is 37.2 Å². The number of nitrogens with zero attached hydrogens (tertiary/aromatic N) is 4. The van der Waals surface area contributed by atoms with Gasteiger partial charge in [-0.25, -0.2) is 9.97 Å². The zero-order chi connectivity index (χ0) is 18.7. The zero-order valence-corrected chi connectivity index (χ0v) is 15.5. The van der Waals surface area contributed by atoms with Crippen molar-refractivity contribution in [2.45, 2.75) is 52.6 Å². The number of piperazine rings is 1. The number of carbonyl (C=O) groups is 2. The number of aromatic nitrogens is 2. The van der Waals surface area contributed by atoms with Gasteiger partial charge in [-0.3, -0.25) is 14.5 Å². The molecule has 0 spiro atoms. The van der Waals surface area contributed by atoms with E-state index in [1.165, 1.54) is 0 Å². The first-order valence-corrected chi connectivity index (χ1v) is 8.63. The molecule has 0 radical (unpaired) electrons. The summed E-state index contributed by atoms with van der Waals surface area (Å²) in [6.07, 6.45) is 0.813. The monoisotopic (exact) mass is 348 g/mol. The van der Waals surface area contributed by atoms with Crippen LogP contribution in [0.5, 0.6) is 0 Å². The predicted molar refractivity (Wildman–Crippen MR) is 95.6 cm³/mol. The molecule has 4 N–H and O–H groups in total. The van der Waals surface area contributed by atoms with Crippen LogP contribution < -0.4 is 11.5 Å². The van der Waals surface area contributed by atoms with Crippen LogP contribution in [0.2, 0.25) is 0 Å². The Balaban J connectivity index is 2.06. The number of hydrogen-bond donors (Lipinski definition) is 2. The first-order chi connectivity index (χ1) is 11.7. The second-order valence-corrected chi connectivity index (χ2v) is 6.83. The number of amides is 2. The molecule has 8 nitrogen and oxygen atoms in total. The van der Waals surface area contributed by atoms with E-state index in [4.69, 9.17) is 11.5 Å². The maximum atomic E-state index is 12.7. The third-order valence-electron chi connectivity index (χ3n) is 4.82. The summed E-state index contributed by atoms with van der Waals surface area (Å²) in [5, 5.41) is 0. The molecule has 0 aliphatic carbocycles. The molecule has 2 heterocycles. The van der Waals surface area contributed by atoms with Crippen molar-refractivity contribution in [3.8, 4) is 0 Å². The van der Waals surface area contributed by atoms with Crippen LogP contribution in [-0.2, 0) is 16.0 Å². The number of aryl methyl sites for hydroxylation is 2. The van der Waals surface area contributed by atoms with Gasteiger partial charge in [-0.05, 0) is 39.7 Å². The van der Waals surface area contributed by atoms with Gasteiger partial charge in [0.15, 0.2) is 0 Å². The highest BCUT2D eigenvalue weighted by Gasteiger charge is 2.34. The van der Waals surface area contributed by atoms with Gasteiger partial charge in [0.25, 0.3) is 0 Å². The summed E-state index contributed by atoms with van der Waals surface area (Å²) in [6.45, 7) is 9.61. The van der Waals surface area contributed by atoms with Crippen LogP contribution in [0.3, 0.4) is 0 Å². The lowest BCUT2D eigenvalue weighted by atomic mass is 10.0. The number of primary amides is 1. The number of carbonyl (C=O) groups excluding carboxylic acids is 2. The molecule has 1 aromatic rings. The van der Waals surface area contributed by atoms with Gasteiger partial charge in [0.2, 0.25) is 17.8 Å². The third kappa shape index (κ3) is 4.45. The Morgan fingerprint density at radius 1 is 1.20 bits per heavy atom. The Labute approximate surface area is 148 Å². The minimum absolute atomic E-state index is 0.0668. The number of hydrogen-bond acceptors (Lipinski definition) is 6. The van der Waals surface area contributed by atoms with Crippen molar-refractivity contribution in [2.75, 3.05) is 25.4 Å². The summed E-state index contributed by atoms with van der Waals surface area (Å²) in [5.41, 5.74) is 13.7. The lowest BCUT2D eigenvalue weighted by Crippen LogP contribution is -2.61. The summed E-state index contributed by atoms with van der Waals surface area (Å²) >= 11 is 0. The quantitative estimate of drug-likeness (QED) is 0.774. The molecule has 1 aromatic heterocycles. The summed E-state index contributed by atoms with van der Waals surface area (Å²) in [4.78, 5) is 36.6. The Morgan fingerprint density at radius 3 is 2.32 bits per heavy atom. The molecule has 1 unspecified atom stereocenters. The van der Waals surface area contributed by atoms with Crippen molar-refractivity contribution in [3.05, 3.63) is 17.0 Å². The maximum Gasteiger partial charge on any atom is 0.241 e. The van der Waals surface area contributed by atoms with E-state index in [0.29, 0.717) is 32.0 Å². The molecule has 0 saturated carbocycles. The molecular weight excluding hydrogens is 320 g/mol. The second kappa shape index (κ2) is 7.77. The third-order valence-corrected chi connectivity index (χ3v) is 4.82. The van der Waals surface area contributed by atoms with E-state index in [1.807, 2.05) is 13.8 Å². The molecule has 1 aliphatic heterocycles. The van der Waals surface area contributed by atoms with Gasteiger partial charge in [-0.1, -0.05) is 0 Å². The van der Waals surface area contributed by atoms with Crippen molar-refractivity contribution >= 4 is 17.8 Å². The average Bonchev–Trinajstić information content (AvgIpc) is 2.52. The van der Waals surface area contributed by atoms with Gasteiger partial charge in [0.1, 0.15) is 6.04 Å². The molecule has 138 valence electrons. The predicted octanol–water partition coefficient (Wildman–Crippen LogP) is 0.0147. The molecule has 0 bridgehead atoms. The molecule has 8 heteroatoms. The summed E-state index contributed by atoms with van der Waals surface area (Å²) in [5.74, 6) is -0.284. The van der Waals surface area contributed by atoms with Crippen LogP contribution in [0.4, 0.5) is 5.95 Å². The highest BCUT2D eigenvalue weighted by molar-refractivity contribution is 5.87. The number of rotatable bonds is 5. The van der Waals surface area contributed by atoms with Gasteiger partial charge in [0, 0.05) is 43.5 Å². The molecule has 1 atom stereocenters. The summed E-state index contributed by atoms with van der Waals surface area (Å²) < 4.78 is 0. The van der Waals surface area contributed by atoms with Crippen LogP contribution >= 0.6 is 0 Å². The molecule has 2 amide bonds. The van der Waals surface area contributed by atoms with Gasteiger partial charge >= 0.3 is 0 Å². The molecule has 2 rings (SSSR count). The van der Waals surface area contributed by atoms with Crippen LogP contribution in [0.25, 0.3) is 0 Å². The molecule has 1 aliphatic rings. The molecule has 1 fully saturated rings. The van der Waals surface area contributed by atoms with E-state index < -0.39 is 11.9 Å². The zero-order valence-electron chi connectivity index (χ0n) is 15.5. The van der Waals surface area contributed by atoms with Crippen LogP contribution in [0.15, 0.2) is 0 Å². The summed E-state index contributed by atoms with van der Waals surface area (Å²) in [6, 6.07) is -0.259. The largest absolute Gasteiger partial charge is 0.368 e. The van der Waals surface area contributed by atoms with E-state index in [1.54, 1.807) is 4.90 Å². The fraction of sp³-hybridized carbons (Fsp3) is 0.647. The van der Waals surface area contributed by atoms with Crippen molar-refractivity contribution < 1.29 is 9.59 Å². The van der Waals surface area contributed by atoms with E-state index in [-0.39, 0.29) is 11.9 Å². The van der Waals surface area contributed by atoms with Gasteiger partial charge < -0.3 is 16.4 Å². The molecular formula is C17H28N6O2. The lowest BCUT2D eigenvalue weighted by molar-refractivity contribution is -0.143. The first-order valence-electron chi connectivity index (χ1n) is 8.63. The van der Waals surface area contributed by atoms with Crippen LogP contribution in [0, 0.1) is 13.8 Å². The highest BCUT2D eigenvalue weighted by Crippen LogP contribution is 2.17. The summed E-state index contributed by atoms with van der Waals surface area (Å²) in [7, 11) is 0. The Hall–Kier alpha value is -2.22. The van der Waals surface area contributed by atoms with Crippen molar-refractivity contribution in [2.24, 2.45) is 5.73 Å². The average molecular weight is 348 g/mol. The smallest absolute Gasteiger partial charge is 0.241 e. The fourth-order valence-electron chi connectivity index (χ4n) is 3.32. The van der Waals surface area contributed by atoms with E-state index >= 15 is 0 Å². The first kappa shape index (κ1) is 19.1. The van der Waals surface area contributed by atoms with E-state index in [0.717, 1.165) is 23.5 Å². The number of nitrogens with two attached hydrogens (primary N) is 2. The van der Waals surface area contributed by atoms with Gasteiger partial charge in [-0.2, -0.15) is 0 Å². The Morgan fingerprint density at radius 2 is 1.80 bits per heavy atom. The van der Waals surface area contributed by atoms with E-state index in [9.17, 15) is 9.59 Å². The van der Waals surface area contributed by atoms with Crippen molar-refractivity contribution in [1.82, 2.24) is 19.8 Å². The maximum absolute atomic E-state index is 12.7. The van der Waals surface area contributed by atoms with Gasteiger partial charge in [0.05, 0.1) is 0 Å². The number of anilines is 1. The molecule has 25 heavy (non-hydrogen) atoms. The minimum Gasteiger partial charge on any atom is -0.368 e. The topological polar surface area (TPSA) is 118 Å². The highest BCUT2D eigenvalue weighted by atomic mass is 16.2. The molecule has 1 saturated heterocycles. The number of nitrogen functional groups attached to an aromatic ring is 1. The minimum atomic E-state index is -0.575.